The van der Waals surface area contributed by atoms with Gasteiger partial charge in [0.2, 0.25) is 0 Å². The van der Waals surface area contributed by atoms with E-state index < -0.39 is 10.8 Å². The average molecular weight is 286 g/mol. The van der Waals surface area contributed by atoms with Crippen molar-refractivity contribution in [2.45, 2.75) is 33.9 Å². The van der Waals surface area contributed by atoms with E-state index in [0.717, 1.165) is 23.4 Å². The third-order valence-corrected chi connectivity index (χ3v) is 4.60. The molecule has 0 bridgehead atoms. The summed E-state index contributed by atoms with van der Waals surface area (Å²) in [6.07, 6.45) is 0. The predicted molar refractivity (Wildman–Crippen MR) is 76.9 cm³/mol. The summed E-state index contributed by atoms with van der Waals surface area (Å²) in [5.74, 6) is 1.32. The Kier molecular flexibility index (Phi) is 4.01. The molecule has 5 nitrogen and oxygen atoms in total. The van der Waals surface area contributed by atoms with Gasteiger partial charge in [-0.05, 0) is 26.1 Å². The predicted octanol–water partition coefficient (Wildman–Crippen LogP) is 1.99. The number of nitrogens with one attached hydrogen (secondary N) is 1. The highest BCUT2D eigenvalue weighted by Gasteiger charge is 2.13. The Labute approximate surface area is 114 Å². The number of fused-ring (bicyclic) bond motifs is 1. The van der Waals surface area contributed by atoms with Crippen molar-refractivity contribution in [3.05, 3.63) is 10.5 Å². The fourth-order valence-electron chi connectivity index (χ4n) is 2.03. The van der Waals surface area contributed by atoms with E-state index >= 15 is 0 Å². The third-order valence-electron chi connectivity index (χ3n) is 3.00. The van der Waals surface area contributed by atoms with Gasteiger partial charge in [0.25, 0.3) is 0 Å². The minimum Gasteiger partial charge on any atom is -0.328 e. The highest BCUT2D eigenvalue weighted by molar-refractivity contribution is 7.84. The van der Waals surface area contributed by atoms with Crippen LogP contribution in [0.2, 0.25) is 0 Å². The summed E-state index contributed by atoms with van der Waals surface area (Å²) >= 11 is 5.33. The Bertz CT molecular complexity index is 637. The van der Waals surface area contributed by atoms with Crippen LogP contribution in [0, 0.1) is 11.7 Å². The first-order chi connectivity index (χ1) is 8.58. The summed E-state index contributed by atoms with van der Waals surface area (Å²) in [5.41, 5.74) is 2.95. The van der Waals surface area contributed by atoms with Crippen LogP contribution < -0.4 is 0 Å². The molecule has 0 aliphatic heterocycles. The van der Waals surface area contributed by atoms with Crippen molar-refractivity contribution in [2.24, 2.45) is 0 Å². The summed E-state index contributed by atoms with van der Waals surface area (Å²) < 4.78 is 16.2. The van der Waals surface area contributed by atoms with Crippen molar-refractivity contribution < 1.29 is 4.21 Å². The Morgan fingerprint density at radius 3 is 2.78 bits per heavy atom. The van der Waals surface area contributed by atoms with Gasteiger partial charge >= 0.3 is 0 Å². The molecule has 0 aliphatic rings. The zero-order valence-corrected chi connectivity index (χ0v) is 12.5. The van der Waals surface area contributed by atoms with Gasteiger partial charge in [-0.2, -0.15) is 5.10 Å². The van der Waals surface area contributed by atoms with Gasteiger partial charge in [0, 0.05) is 35.4 Å². The smallest absolute Gasteiger partial charge is 0.179 e. The second-order valence-corrected chi connectivity index (χ2v) is 6.37. The fraction of sp³-hybridized carbons (Fsp3) is 0.636. The molecule has 2 rings (SSSR count). The van der Waals surface area contributed by atoms with E-state index in [-0.39, 0.29) is 0 Å². The largest absolute Gasteiger partial charge is 0.328 e. The Balaban J connectivity index is 2.45. The molecule has 0 aliphatic carbocycles. The molecular weight excluding hydrogens is 268 g/mol. The molecule has 100 valence electrons. The van der Waals surface area contributed by atoms with Crippen molar-refractivity contribution in [3.63, 3.8) is 0 Å². The van der Waals surface area contributed by atoms with Crippen LogP contribution in [0.5, 0.6) is 0 Å². The monoisotopic (exact) mass is 286 g/mol. The fourth-order valence-corrected chi connectivity index (χ4v) is 2.98. The van der Waals surface area contributed by atoms with E-state index in [2.05, 4.69) is 17.0 Å². The van der Waals surface area contributed by atoms with E-state index in [1.807, 2.05) is 23.1 Å². The van der Waals surface area contributed by atoms with Crippen LogP contribution in [-0.2, 0) is 23.9 Å². The number of nitrogens with zero attached hydrogens (tertiary/aromatic N) is 3. The Morgan fingerprint density at radius 2 is 2.17 bits per heavy atom. The Morgan fingerprint density at radius 1 is 1.44 bits per heavy atom. The lowest BCUT2D eigenvalue weighted by Gasteiger charge is -2.05. The molecule has 0 saturated heterocycles. The van der Waals surface area contributed by atoms with Gasteiger partial charge in [-0.3, -0.25) is 4.21 Å². The van der Waals surface area contributed by atoms with Gasteiger partial charge in [-0.1, -0.05) is 6.92 Å². The van der Waals surface area contributed by atoms with Gasteiger partial charge in [-0.25, -0.2) is 4.68 Å². The summed E-state index contributed by atoms with van der Waals surface area (Å²) in [7, 11) is -0.775. The maximum absolute atomic E-state index is 11.5. The van der Waals surface area contributed by atoms with Gasteiger partial charge in [0.05, 0.1) is 5.69 Å². The van der Waals surface area contributed by atoms with Crippen LogP contribution in [0.1, 0.15) is 19.5 Å². The molecule has 2 aromatic heterocycles. The molecule has 1 atom stereocenters. The normalized spacial score (nSPS) is 13.3. The molecule has 7 heteroatoms. The zero-order valence-electron chi connectivity index (χ0n) is 10.9. The van der Waals surface area contributed by atoms with Crippen molar-refractivity contribution >= 4 is 34.2 Å². The van der Waals surface area contributed by atoms with Crippen LogP contribution in [0.25, 0.3) is 11.2 Å². The number of hydrogen-bond donors (Lipinski definition) is 1. The van der Waals surface area contributed by atoms with Crippen molar-refractivity contribution in [2.75, 3.05) is 11.5 Å². The van der Waals surface area contributed by atoms with E-state index in [1.54, 1.807) is 0 Å². The molecule has 1 N–H and O–H groups in total. The standard InChI is InChI=1S/C11H18N4OS2/c1-4-15-10-9(8(3)13-15)12-11(17)14(10)6-7-18(16)5-2/h4-7H2,1-3H3,(H,12,17). The molecule has 0 amide bonds. The number of rotatable bonds is 5. The first-order valence-corrected chi connectivity index (χ1v) is 7.99. The number of aryl methyl sites for hydroxylation is 3. The van der Waals surface area contributed by atoms with E-state index in [4.69, 9.17) is 12.2 Å². The molecule has 18 heavy (non-hydrogen) atoms. The van der Waals surface area contributed by atoms with Crippen molar-refractivity contribution in [3.8, 4) is 0 Å². The minimum absolute atomic E-state index is 0.631. The van der Waals surface area contributed by atoms with Crippen LogP contribution in [-0.4, -0.2) is 35.0 Å². The third kappa shape index (κ3) is 2.29. The zero-order chi connectivity index (χ0) is 13.3. The van der Waals surface area contributed by atoms with Crippen LogP contribution in [0.15, 0.2) is 0 Å². The van der Waals surface area contributed by atoms with Gasteiger partial charge < -0.3 is 9.55 Å². The lowest BCUT2D eigenvalue weighted by molar-refractivity contribution is 0.635. The first-order valence-electron chi connectivity index (χ1n) is 6.09. The highest BCUT2D eigenvalue weighted by atomic mass is 32.2. The second kappa shape index (κ2) is 5.36. The summed E-state index contributed by atoms with van der Waals surface area (Å²) in [4.78, 5) is 3.19. The van der Waals surface area contributed by atoms with Gasteiger partial charge in [0.15, 0.2) is 10.4 Å². The van der Waals surface area contributed by atoms with Gasteiger partial charge in [0.1, 0.15) is 5.52 Å². The lowest BCUT2D eigenvalue weighted by Crippen LogP contribution is -2.11. The second-order valence-electron chi connectivity index (χ2n) is 4.11. The number of aromatic amines is 1. The molecule has 0 aromatic carbocycles. The molecule has 0 radical (unpaired) electrons. The molecule has 0 fully saturated rings. The van der Waals surface area contributed by atoms with Crippen molar-refractivity contribution in [1.82, 2.24) is 19.3 Å². The number of aromatic nitrogens is 4. The summed E-state index contributed by atoms with van der Waals surface area (Å²) in [5, 5.41) is 4.46. The summed E-state index contributed by atoms with van der Waals surface area (Å²) in [6.45, 7) is 7.42. The molecular formula is C11H18N4OS2. The topological polar surface area (TPSA) is 55.6 Å². The Hall–Kier alpha value is -0.950. The summed E-state index contributed by atoms with van der Waals surface area (Å²) in [6, 6.07) is 0. The number of imidazole rings is 1. The molecule has 2 heterocycles. The maximum Gasteiger partial charge on any atom is 0.179 e. The van der Waals surface area contributed by atoms with Crippen LogP contribution in [0.3, 0.4) is 0 Å². The molecule has 0 spiro atoms. The number of H-pyrrole nitrogens is 1. The maximum atomic E-state index is 11.5. The first kappa shape index (κ1) is 13.5. The van der Waals surface area contributed by atoms with E-state index in [1.165, 1.54) is 0 Å². The molecule has 1 unspecified atom stereocenters. The van der Waals surface area contributed by atoms with Gasteiger partial charge in [-0.15, -0.1) is 0 Å². The van der Waals surface area contributed by atoms with Crippen LogP contribution >= 0.6 is 12.2 Å². The van der Waals surface area contributed by atoms with E-state index in [0.29, 0.717) is 22.8 Å². The van der Waals surface area contributed by atoms with Crippen molar-refractivity contribution in [1.29, 1.82) is 0 Å². The SMILES string of the molecule is CCn1nc(C)c2[nH]c(=S)n(CCS(=O)CC)c21. The van der Waals surface area contributed by atoms with Crippen LogP contribution in [0.4, 0.5) is 0 Å². The van der Waals surface area contributed by atoms with E-state index in [9.17, 15) is 4.21 Å². The average Bonchev–Trinajstić information content (AvgIpc) is 2.84. The highest BCUT2D eigenvalue weighted by Crippen LogP contribution is 2.17. The molecule has 2 aromatic rings. The number of hydrogen-bond acceptors (Lipinski definition) is 3. The quantitative estimate of drug-likeness (QED) is 0.855. The lowest BCUT2D eigenvalue weighted by atomic mass is 10.4. The minimum atomic E-state index is -0.775. The molecule has 0 saturated carbocycles.